The first kappa shape index (κ1) is 11.9. The number of rotatable bonds is 4. The smallest absolute Gasteiger partial charge is 0.193 e. The van der Waals surface area contributed by atoms with Gasteiger partial charge in [0.15, 0.2) is 5.78 Å². The SMILES string of the molecule is C#CCOc1ccc(C(=O)c2ccccc2)cc1. The Morgan fingerprint density at radius 2 is 1.61 bits per heavy atom. The second-order valence-electron chi connectivity index (χ2n) is 3.71. The molecular weight excluding hydrogens is 224 g/mol. The van der Waals surface area contributed by atoms with Crippen molar-refractivity contribution in [2.45, 2.75) is 0 Å². The van der Waals surface area contributed by atoms with Gasteiger partial charge < -0.3 is 4.74 Å². The fourth-order valence-corrected chi connectivity index (χ4v) is 1.58. The number of ether oxygens (including phenoxy) is 1. The maximum absolute atomic E-state index is 12.1. The van der Waals surface area contributed by atoms with Crippen molar-refractivity contribution >= 4 is 5.78 Å². The molecule has 0 heterocycles. The lowest BCUT2D eigenvalue weighted by Gasteiger charge is -2.04. The van der Waals surface area contributed by atoms with Crippen LogP contribution in [-0.4, -0.2) is 12.4 Å². The Balaban J connectivity index is 2.15. The molecule has 0 unspecified atom stereocenters. The molecule has 0 bridgehead atoms. The zero-order valence-corrected chi connectivity index (χ0v) is 9.80. The largest absolute Gasteiger partial charge is 0.481 e. The summed E-state index contributed by atoms with van der Waals surface area (Å²) in [6.45, 7) is 0.228. The van der Waals surface area contributed by atoms with Gasteiger partial charge in [0.05, 0.1) is 0 Å². The Bertz CT molecular complexity index is 562. The number of hydrogen-bond acceptors (Lipinski definition) is 2. The topological polar surface area (TPSA) is 26.3 Å². The van der Waals surface area contributed by atoms with Crippen molar-refractivity contribution < 1.29 is 9.53 Å². The molecule has 0 saturated heterocycles. The van der Waals surface area contributed by atoms with Crippen LogP contribution in [0.25, 0.3) is 0 Å². The second-order valence-corrected chi connectivity index (χ2v) is 3.71. The van der Waals surface area contributed by atoms with E-state index in [-0.39, 0.29) is 12.4 Å². The molecule has 0 radical (unpaired) electrons. The van der Waals surface area contributed by atoms with E-state index in [9.17, 15) is 4.79 Å². The quantitative estimate of drug-likeness (QED) is 0.602. The summed E-state index contributed by atoms with van der Waals surface area (Å²) in [6.07, 6.45) is 5.10. The van der Waals surface area contributed by atoms with Crippen LogP contribution in [0.4, 0.5) is 0 Å². The van der Waals surface area contributed by atoms with Gasteiger partial charge >= 0.3 is 0 Å². The Labute approximate surface area is 106 Å². The number of carbonyl (C=O) groups excluding carboxylic acids is 1. The van der Waals surface area contributed by atoms with E-state index in [0.717, 1.165) is 0 Å². The highest BCUT2D eigenvalue weighted by Crippen LogP contribution is 2.15. The molecule has 0 N–H and O–H groups in total. The minimum absolute atomic E-state index is 0.000833. The summed E-state index contributed by atoms with van der Waals surface area (Å²) >= 11 is 0. The van der Waals surface area contributed by atoms with Gasteiger partial charge in [-0.2, -0.15) is 0 Å². The summed E-state index contributed by atoms with van der Waals surface area (Å²) in [4.78, 5) is 12.1. The summed E-state index contributed by atoms with van der Waals surface area (Å²) in [7, 11) is 0. The van der Waals surface area contributed by atoms with Crippen molar-refractivity contribution in [3.63, 3.8) is 0 Å². The summed E-state index contributed by atoms with van der Waals surface area (Å²) in [5, 5.41) is 0. The van der Waals surface area contributed by atoms with E-state index in [2.05, 4.69) is 5.92 Å². The number of hydrogen-bond donors (Lipinski definition) is 0. The van der Waals surface area contributed by atoms with E-state index in [1.165, 1.54) is 0 Å². The zero-order valence-electron chi connectivity index (χ0n) is 9.80. The van der Waals surface area contributed by atoms with Crippen LogP contribution in [0.2, 0.25) is 0 Å². The zero-order chi connectivity index (χ0) is 12.8. The number of terminal acetylenes is 1. The molecule has 0 fully saturated rings. The first-order valence-electron chi connectivity index (χ1n) is 5.57. The standard InChI is InChI=1S/C16H12O2/c1-2-12-18-15-10-8-14(9-11-15)16(17)13-6-4-3-5-7-13/h1,3-11H,12H2. The van der Waals surface area contributed by atoms with E-state index in [4.69, 9.17) is 11.2 Å². The third kappa shape index (κ3) is 2.78. The Kier molecular flexibility index (Phi) is 3.78. The third-order valence-corrected chi connectivity index (χ3v) is 2.47. The molecule has 2 aromatic rings. The van der Waals surface area contributed by atoms with Gasteiger partial charge in [0.1, 0.15) is 12.4 Å². The summed E-state index contributed by atoms with van der Waals surface area (Å²) < 4.78 is 5.25. The van der Waals surface area contributed by atoms with E-state index in [1.54, 1.807) is 36.4 Å². The third-order valence-electron chi connectivity index (χ3n) is 2.47. The van der Waals surface area contributed by atoms with Gasteiger partial charge in [0.25, 0.3) is 0 Å². The molecule has 0 aliphatic heterocycles. The molecule has 0 spiro atoms. The van der Waals surface area contributed by atoms with Crippen LogP contribution in [0.15, 0.2) is 54.6 Å². The number of benzene rings is 2. The maximum Gasteiger partial charge on any atom is 0.193 e. The second kappa shape index (κ2) is 5.70. The molecule has 18 heavy (non-hydrogen) atoms. The molecule has 0 amide bonds. The number of ketones is 1. The fourth-order valence-electron chi connectivity index (χ4n) is 1.58. The average Bonchev–Trinajstić information content (AvgIpc) is 2.46. The molecular formula is C16H12O2. The lowest BCUT2D eigenvalue weighted by Crippen LogP contribution is -2.01. The maximum atomic E-state index is 12.1. The lowest BCUT2D eigenvalue weighted by molar-refractivity contribution is 0.103. The van der Waals surface area contributed by atoms with Crippen LogP contribution >= 0.6 is 0 Å². The summed E-state index contributed by atoms with van der Waals surface area (Å²) in [5.41, 5.74) is 1.31. The Hall–Kier alpha value is -2.53. The summed E-state index contributed by atoms with van der Waals surface area (Å²) in [5.74, 6) is 3.05. The van der Waals surface area contributed by atoms with Crippen LogP contribution in [0.3, 0.4) is 0 Å². The summed E-state index contributed by atoms with van der Waals surface area (Å²) in [6, 6.07) is 16.1. The van der Waals surface area contributed by atoms with Gasteiger partial charge in [-0.25, -0.2) is 0 Å². The van der Waals surface area contributed by atoms with Crippen LogP contribution in [0.5, 0.6) is 5.75 Å². The van der Waals surface area contributed by atoms with Gasteiger partial charge in [0, 0.05) is 11.1 Å². The predicted molar refractivity (Wildman–Crippen MR) is 70.6 cm³/mol. The van der Waals surface area contributed by atoms with E-state index >= 15 is 0 Å². The highest BCUT2D eigenvalue weighted by molar-refractivity contribution is 6.08. The highest BCUT2D eigenvalue weighted by atomic mass is 16.5. The molecule has 88 valence electrons. The molecule has 0 aromatic heterocycles. The molecule has 2 rings (SSSR count). The lowest BCUT2D eigenvalue weighted by atomic mass is 10.0. The minimum atomic E-state index is -0.000833. The molecule has 2 heteroatoms. The Morgan fingerprint density at radius 1 is 1.00 bits per heavy atom. The first-order valence-corrected chi connectivity index (χ1v) is 5.57. The predicted octanol–water partition coefficient (Wildman–Crippen LogP) is 2.93. The molecule has 2 aromatic carbocycles. The van der Waals surface area contributed by atoms with E-state index in [1.807, 2.05) is 18.2 Å². The average molecular weight is 236 g/mol. The molecule has 2 nitrogen and oxygen atoms in total. The van der Waals surface area contributed by atoms with E-state index in [0.29, 0.717) is 16.9 Å². The molecule has 0 saturated carbocycles. The van der Waals surface area contributed by atoms with Gasteiger partial charge in [-0.05, 0) is 24.3 Å². The molecule has 0 aliphatic rings. The van der Waals surface area contributed by atoms with Crippen molar-refractivity contribution in [3.05, 3.63) is 65.7 Å². The van der Waals surface area contributed by atoms with Crippen molar-refractivity contribution in [1.29, 1.82) is 0 Å². The van der Waals surface area contributed by atoms with Crippen molar-refractivity contribution in [2.75, 3.05) is 6.61 Å². The van der Waals surface area contributed by atoms with Gasteiger partial charge in [-0.1, -0.05) is 36.3 Å². The molecule has 0 aliphatic carbocycles. The van der Waals surface area contributed by atoms with Crippen molar-refractivity contribution in [2.24, 2.45) is 0 Å². The molecule has 0 atom stereocenters. The van der Waals surface area contributed by atoms with Crippen LogP contribution in [0, 0.1) is 12.3 Å². The highest BCUT2D eigenvalue weighted by Gasteiger charge is 2.07. The fraction of sp³-hybridized carbons (Fsp3) is 0.0625. The first-order chi connectivity index (χ1) is 8.81. The van der Waals surface area contributed by atoms with Gasteiger partial charge in [-0.15, -0.1) is 6.42 Å². The monoisotopic (exact) mass is 236 g/mol. The van der Waals surface area contributed by atoms with Gasteiger partial charge in [-0.3, -0.25) is 4.79 Å². The van der Waals surface area contributed by atoms with Crippen molar-refractivity contribution in [3.8, 4) is 18.1 Å². The van der Waals surface area contributed by atoms with Crippen molar-refractivity contribution in [1.82, 2.24) is 0 Å². The van der Waals surface area contributed by atoms with Crippen LogP contribution < -0.4 is 4.74 Å². The van der Waals surface area contributed by atoms with E-state index < -0.39 is 0 Å². The van der Waals surface area contributed by atoms with Crippen LogP contribution in [-0.2, 0) is 0 Å². The number of carbonyl (C=O) groups is 1. The Morgan fingerprint density at radius 3 is 2.22 bits per heavy atom. The van der Waals surface area contributed by atoms with Gasteiger partial charge in [0.2, 0.25) is 0 Å². The normalized spacial score (nSPS) is 9.50. The minimum Gasteiger partial charge on any atom is -0.481 e. The van der Waals surface area contributed by atoms with Crippen LogP contribution in [0.1, 0.15) is 15.9 Å².